The maximum atomic E-state index is 12.1. The van der Waals surface area contributed by atoms with Gasteiger partial charge in [0, 0.05) is 12.2 Å². The van der Waals surface area contributed by atoms with Crippen molar-refractivity contribution in [1.82, 2.24) is 0 Å². The second kappa shape index (κ2) is 6.99. The van der Waals surface area contributed by atoms with Gasteiger partial charge in [-0.3, -0.25) is 4.90 Å². The first-order chi connectivity index (χ1) is 11.8. The van der Waals surface area contributed by atoms with E-state index in [1.165, 1.54) is 29.5 Å². The Morgan fingerprint density at radius 3 is 2.36 bits per heavy atom. The number of hydrogen-bond donors (Lipinski definition) is 1. The van der Waals surface area contributed by atoms with Crippen LogP contribution in [0.1, 0.15) is 56.2 Å². The molecule has 1 aromatic carbocycles. The molecule has 0 aromatic heterocycles. The minimum atomic E-state index is -0.282. The second-order valence-electron chi connectivity index (χ2n) is 8.36. The van der Waals surface area contributed by atoms with E-state index in [4.69, 9.17) is 10.5 Å². The van der Waals surface area contributed by atoms with E-state index in [-0.39, 0.29) is 12.2 Å². The van der Waals surface area contributed by atoms with E-state index in [1.54, 1.807) is 4.90 Å². The molecule has 1 aliphatic carbocycles. The standard InChI is InChI=1S/C21H32N2O2/c1-12-6-13(2)16(5)19(7-12)20-14(3)8-17(9-15(20)4)23-11-18(10-22)25-21(23)24/h8-9,12-13,16,18-19H,6-7,10-11,22H2,1-5H3. The minimum Gasteiger partial charge on any atom is -0.443 e. The molecular weight excluding hydrogens is 312 g/mol. The summed E-state index contributed by atoms with van der Waals surface area (Å²) in [6.45, 7) is 12.4. The number of amides is 1. The van der Waals surface area contributed by atoms with Crippen LogP contribution in [0.5, 0.6) is 0 Å². The Labute approximate surface area is 151 Å². The molecule has 25 heavy (non-hydrogen) atoms. The fraction of sp³-hybridized carbons (Fsp3) is 0.667. The summed E-state index contributed by atoms with van der Waals surface area (Å²) in [4.78, 5) is 13.9. The average molecular weight is 344 g/mol. The van der Waals surface area contributed by atoms with Crippen molar-refractivity contribution in [3.8, 4) is 0 Å². The van der Waals surface area contributed by atoms with Crippen LogP contribution in [0.3, 0.4) is 0 Å². The predicted octanol–water partition coefficient (Wildman–Crippen LogP) is 4.37. The van der Waals surface area contributed by atoms with Crippen LogP contribution in [-0.2, 0) is 4.74 Å². The molecule has 3 rings (SSSR count). The molecule has 2 fully saturated rings. The first-order valence-electron chi connectivity index (χ1n) is 9.61. The second-order valence-corrected chi connectivity index (χ2v) is 8.36. The van der Waals surface area contributed by atoms with Gasteiger partial charge in [0.15, 0.2) is 0 Å². The third kappa shape index (κ3) is 3.41. The van der Waals surface area contributed by atoms with Crippen molar-refractivity contribution < 1.29 is 9.53 Å². The van der Waals surface area contributed by atoms with Crippen molar-refractivity contribution in [2.75, 3.05) is 18.0 Å². The Balaban J connectivity index is 1.92. The smallest absolute Gasteiger partial charge is 0.414 e. The molecule has 4 heteroatoms. The van der Waals surface area contributed by atoms with Gasteiger partial charge in [-0.2, -0.15) is 0 Å². The molecule has 2 N–H and O–H groups in total. The highest BCUT2D eigenvalue weighted by molar-refractivity contribution is 5.90. The molecule has 1 saturated carbocycles. The topological polar surface area (TPSA) is 55.6 Å². The Kier molecular flexibility index (Phi) is 5.10. The summed E-state index contributed by atoms with van der Waals surface area (Å²) in [5, 5.41) is 0. The number of aryl methyl sites for hydroxylation is 2. The molecule has 5 atom stereocenters. The number of cyclic esters (lactones) is 1. The van der Waals surface area contributed by atoms with E-state index >= 15 is 0 Å². The van der Waals surface area contributed by atoms with Crippen molar-refractivity contribution in [2.24, 2.45) is 23.5 Å². The van der Waals surface area contributed by atoms with Gasteiger partial charge in [0.2, 0.25) is 0 Å². The van der Waals surface area contributed by atoms with Gasteiger partial charge in [0.05, 0.1) is 6.54 Å². The Hall–Kier alpha value is -1.55. The van der Waals surface area contributed by atoms with Crippen molar-refractivity contribution >= 4 is 11.8 Å². The van der Waals surface area contributed by atoms with Crippen LogP contribution in [0.4, 0.5) is 10.5 Å². The molecule has 0 spiro atoms. The van der Waals surface area contributed by atoms with E-state index in [9.17, 15) is 4.79 Å². The fourth-order valence-electron chi connectivity index (χ4n) is 4.92. The van der Waals surface area contributed by atoms with Crippen LogP contribution >= 0.6 is 0 Å². The van der Waals surface area contributed by atoms with Gasteiger partial charge in [0.25, 0.3) is 0 Å². The Morgan fingerprint density at radius 1 is 1.16 bits per heavy atom. The number of carbonyl (C=O) groups excluding carboxylic acids is 1. The third-order valence-corrected chi connectivity index (χ3v) is 6.36. The summed E-state index contributed by atoms with van der Waals surface area (Å²) < 4.78 is 5.31. The van der Waals surface area contributed by atoms with Crippen LogP contribution in [0.2, 0.25) is 0 Å². The SMILES string of the molecule is Cc1cc(N2CC(CN)OC2=O)cc(C)c1C1CC(C)CC(C)C1C. The summed E-state index contributed by atoms with van der Waals surface area (Å²) in [6.07, 6.45) is 2.10. The molecule has 1 saturated heterocycles. The quantitative estimate of drug-likeness (QED) is 0.885. The molecule has 0 bridgehead atoms. The van der Waals surface area contributed by atoms with Crippen molar-refractivity contribution in [1.29, 1.82) is 0 Å². The molecule has 4 nitrogen and oxygen atoms in total. The van der Waals surface area contributed by atoms with E-state index in [0.29, 0.717) is 24.9 Å². The van der Waals surface area contributed by atoms with E-state index in [1.807, 2.05) is 0 Å². The van der Waals surface area contributed by atoms with Gasteiger partial charge < -0.3 is 10.5 Å². The zero-order valence-corrected chi connectivity index (χ0v) is 16.2. The summed E-state index contributed by atoms with van der Waals surface area (Å²) in [6, 6.07) is 4.30. The summed E-state index contributed by atoms with van der Waals surface area (Å²) in [5.41, 5.74) is 10.7. The number of benzene rings is 1. The summed E-state index contributed by atoms with van der Waals surface area (Å²) in [5.74, 6) is 2.83. The van der Waals surface area contributed by atoms with Crippen molar-refractivity contribution in [3.63, 3.8) is 0 Å². The number of ether oxygens (including phenoxy) is 1. The van der Waals surface area contributed by atoms with Crippen LogP contribution < -0.4 is 10.6 Å². The molecule has 2 aliphatic rings. The number of nitrogens with zero attached hydrogens (tertiary/aromatic N) is 1. The first kappa shape index (κ1) is 18.2. The van der Waals surface area contributed by atoms with Gasteiger partial charge in [-0.1, -0.05) is 20.8 Å². The van der Waals surface area contributed by atoms with E-state index in [2.05, 4.69) is 46.8 Å². The molecule has 138 valence electrons. The van der Waals surface area contributed by atoms with E-state index in [0.717, 1.165) is 17.5 Å². The molecule has 5 unspecified atom stereocenters. The number of anilines is 1. The highest BCUT2D eigenvalue weighted by Crippen LogP contribution is 2.46. The summed E-state index contributed by atoms with van der Waals surface area (Å²) >= 11 is 0. The van der Waals surface area contributed by atoms with Crippen LogP contribution in [-0.4, -0.2) is 25.3 Å². The number of hydrogen-bond acceptors (Lipinski definition) is 3. The molecule has 1 amide bonds. The largest absolute Gasteiger partial charge is 0.443 e. The molecular formula is C21H32N2O2. The molecule has 1 aliphatic heterocycles. The lowest BCUT2D eigenvalue weighted by Gasteiger charge is -2.39. The zero-order valence-electron chi connectivity index (χ0n) is 16.2. The van der Waals surface area contributed by atoms with Crippen molar-refractivity contribution in [2.45, 2.75) is 59.5 Å². The number of nitrogens with two attached hydrogens (primary N) is 1. The highest BCUT2D eigenvalue weighted by Gasteiger charge is 2.35. The predicted molar refractivity (Wildman–Crippen MR) is 102 cm³/mol. The Bertz CT molecular complexity index is 634. The third-order valence-electron chi connectivity index (χ3n) is 6.36. The maximum Gasteiger partial charge on any atom is 0.414 e. The van der Waals surface area contributed by atoms with Crippen LogP contribution in [0, 0.1) is 31.6 Å². The van der Waals surface area contributed by atoms with Crippen molar-refractivity contribution in [3.05, 3.63) is 28.8 Å². The monoisotopic (exact) mass is 344 g/mol. The summed E-state index contributed by atoms with van der Waals surface area (Å²) in [7, 11) is 0. The molecule has 1 heterocycles. The zero-order chi connectivity index (χ0) is 18.3. The van der Waals surface area contributed by atoms with Gasteiger partial charge >= 0.3 is 6.09 Å². The lowest BCUT2D eigenvalue weighted by Crippen LogP contribution is -2.29. The first-order valence-corrected chi connectivity index (χ1v) is 9.61. The van der Waals surface area contributed by atoms with E-state index < -0.39 is 0 Å². The normalized spacial score (nSPS) is 32.8. The van der Waals surface area contributed by atoms with Gasteiger partial charge in [-0.05, 0) is 79.2 Å². The number of rotatable bonds is 3. The lowest BCUT2D eigenvalue weighted by atomic mass is 9.66. The molecule has 0 radical (unpaired) electrons. The fourth-order valence-corrected chi connectivity index (χ4v) is 4.92. The lowest BCUT2D eigenvalue weighted by molar-refractivity contribution is 0.145. The average Bonchev–Trinajstić information content (AvgIpc) is 2.92. The van der Waals surface area contributed by atoms with Gasteiger partial charge in [-0.25, -0.2) is 4.79 Å². The molecule has 1 aromatic rings. The van der Waals surface area contributed by atoms with Crippen LogP contribution in [0.15, 0.2) is 12.1 Å². The maximum absolute atomic E-state index is 12.1. The van der Waals surface area contributed by atoms with Gasteiger partial charge in [-0.15, -0.1) is 0 Å². The Morgan fingerprint density at radius 2 is 1.80 bits per heavy atom. The van der Waals surface area contributed by atoms with Crippen LogP contribution in [0.25, 0.3) is 0 Å². The number of carbonyl (C=O) groups is 1. The highest BCUT2D eigenvalue weighted by atomic mass is 16.6. The van der Waals surface area contributed by atoms with Gasteiger partial charge in [0.1, 0.15) is 6.10 Å². The minimum absolute atomic E-state index is 0.201.